The van der Waals surface area contributed by atoms with E-state index in [1.54, 1.807) is 13.2 Å². The van der Waals surface area contributed by atoms with Crippen LogP contribution in [0.25, 0.3) is 0 Å². The zero-order chi connectivity index (χ0) is 9.68. The van der Waals surface area contributed by atoms with Crippen molar-refractivity contribution in [3.05, 3.63) is 18.2 Å². The van der Waals surface area contributed by atoms with Crippen LogP contribution >= 0.6 is 0 Å². The highest BCUT2D eigenvalue weighted by molar-refractivity contribution is 4.96. The summed E-state index contributed by atoms with van der Waals surface area (Å²) >= 11 is 0. The predicted octanol–water partition coefficient (Wildman–Crippen LogP) is 0.557. The molecule has 0 aromatic carbocycles. The van der Waals surface area contributed by atoms with Crippen LogP contribution in [-0.4, -0.2) is 22.6 Å². The molecule has 1 aromatic rings. The molecule has 1 heterocycles. The molecule has 1 aromatic heterocycles. The molecule has 0 amide bonds. The Hall–Kier alpha value is -1.34. The molecule has 0 radical (unpaired) electrons. The van der Waals surface area contributed by atoms with Crippen molar-refractivity contribution in [3.8, 4) is 6.07 Å². The summed E-state index contributed by atoms with van der Waals surface area (Å²) in [6, 6.07) is 2.04. The Kier molecular flexibility index (Phi) is 3.47. The minimum Gasteiger partial charge on any atom is -0.332 e. The first-order valence-corrected chi connectivity index (χ1v) is 4.38. The van der Waals surface area contributed by atoms with Gasteiger partial charge in [0.05, 0.1) is 12.6 Å². The van der Waals surface area contributed by atoms with Crippen LogP contribution in [0.4, 0.5) is 0 Å². The molecule has 1 N–H and O–H groups in total. The minimum absolute atomic E-state index is 0.139. The van der Waals surface area contributed by atoms with E-state index in [1.165, 1.54) is 0 Å². The molecule has 1 rings (SSSR count). The number of nitrogens with one attached hydrogen (secondary N) is 1. The summed E-state index contributed by atoms with van der Waals surface area (Å²) < 4.78 is 2.00. The molecule has 0 saturated carbocycles. The fraction of sp³-hybridized carbons (Fsp3) is 0.556. The van der Waals surface area contributed by atoms with Crippen LogP contribution in [0.2, 0.25) is 0 Å². The van der Waals surface area contributed by atoms with Crippen molar-refractivity contribution < 1.29 is 0 Å². The number of rotatable bonds is 4. The highest BCUT2D eigenvalue weighted by Crippen LogP contribution is 1.99. The van der Waals surface area contributed by atoms with Crippen molar-refractivity contribution >= 4 is 0 Å². The summed E-state index contributed by atoms with van der Waals surface area (Å²) in [4.78, 5) is 4.18. The van der Waals surface area contributed by atoms with Crippen LogP contribution in [0.3, 0.4) is 0 Å². The van der Waals surface area contributed by atoms with E-state index in [4.69, 9.17) is 5.26 Å². The number of imidazole rings is 1. The van der Waals surface area contributed by atoms with E-state index >= 15 is 0 Å². The van der Waals surface area contributed by atoms with E-state index in [9.17, 15) is 0 Å². The Labute approximate surface area is 78.2 Å². The fourth-order valence-corrected chi connectivity index (χ4v) is 1.21. The smallest absolute Gasteiger partial charge is 0.113 e. The summed E-state index contributed by atoms with van der Waals surface area (Å²) in [6.07, 6.45) is 4.57. The van der Waals surface area contributed by atoms with E-state index in [2.05, 4.69) is 23.3 Å². The Morgan fingerprint density at radius 1 is 1.77 bits per heavy atom. The zero-order valence-corrected chi connectivity index (χ0v) is 7.99. The molecule has 13 heavy (non-hydrogen) atoms. The highest BCUT2D eigenvalue weighted by atomic mass is 15.1. The zero-order valence-electron chi connectivity index (χ0n) is 7.99. The monoisotopic (exact) mass is 178 g/mol. The van der Waals surface area contributed by atoms with E-state index < -0.39 is 0 Å². The first-order chi connectivity index (χ1) is 6.31. The van der Waals surface area contributed by atoms with Gasteiger partial charge in [-0.15, -0.1) is 0 Å². The third kappa shape index (κ3) is 2.30. The highest BCUT2D eigenvalue weighted by Gasteiger charge is 2.07. The Bertz CT molecular complexity index is 297. The van der Waals surface area contributed by atoms with Gasteiger partial charge >= 0.3 is 0 Å². The number of likely N-dealkylation sites (N-methyl/N-ethyl adjacent to an activating group) is 1. The van der Waals surface area contributed by atoms with Gasteiger partial charge in [0.25, 0.3) is 0 Å². The molecule has 1 unspecified atom stereocenters. The molecule has 0 spiro atoms. The van der Waals surface area contributed by atoms with E-state index in [0.29, 0.717) is 6.54 Å². The van der Waals surface area contributed by atoms with Crippen molar-refractivity contribution in [3.63, 3.8) is 0 Å². The summed E-state index contributed by atoms with van der Waals surface area (Å²) in [5, 5.41) is 11.7. The summed E-state index contributed by atoms with van der Waals surface area (Å²) in [6.45, 7) is 2.72. The average Bonchev–Trinajstić information content (AvgIpc) is 2.61. The number of nitrogens with zero attached hydrogens (tertiary/aromatic N) is 3. The van der Waals surface area contributed by atoms with Crippen molar-refractivity contribution in [2.45, 2.75) is 25.9 Å². The molecule has 0 aliphatic carbocycles. The second-order valence-corrected chi connectivity index (χ2v) is 2.82. The van der Waals surface area contributed by atoms with Gasteiger partial charge in [0.2, 0.25) is 0 Å². The van der Waals surface area contributed by atoms with Gasteiger partial charge in [-0.2, -0.15) is 5.26 Å². The second-order valence-electron chi connectivity index (χ2n) is 2.82. The Morgan fingerprint density at radius 3 is 3.08 bits per heavy atom. The Balaban J connectivity index is 2.68. The van der Waals surface area contributed by atoms with Gasteiger partial charge in [0.1, 0.15) is 11.9 Å². The van der Waals surface area contributed by atoms with Gasteiger partial charge in [-0.1, -0.05) is 6.92 Å². The van der Waals surface area contributed by atoms with Crippen LogP contribution in [0.15, 0.2) is 12.4 Å². The lowest BCUT2D eigenvalue weighted by atomic mass is 10.3. The lowest BCUT2D eigenvalue weighted by molar-refractivity contribution is 0.548. The standard InChI is InChI=1S/C9H14N4/c1-3-9-12-4-5-13(9)7-8(6-10)11-2/h4-5,8,11H,3,7H2,1-2H3. The number of aryl methyl sites for hydroxylation is 1. The number of hydrogen-bond donors (Lipinski definition) is 1. The molecule has 70 valence electrons. The lowest BCUT2D eigenvalue weighted by Gasteiger charge is -2.10. The van der Waals surface area contributed by atoms with E-state index in [0.717, 1.165) is 12.2 Å². The lowest BCUT2D eigenvalue weighted by Crippen LogP contribution is -2.28. The number of hydrogen-bond acceptors (Lipinski definition) is 3. The largest absolute Gasteiger partial charge is 0.332 e. The first-order valence-electron chi connectivity index (χ1n) is 4.38. The van der Waals surface area contributed by atoms with Crippen molar-refractivity contribution in [2.24, 2.45) is 0 Å². The van der Waals surface area contributed by atoms with Crippen molar-refractivity contribution in [1.29, 1.82) is 5.26 Å². The summed E-state index contributed by atoms with van der Waals surface area (Å²) in [7, 11) is 1.79. The molecule has 0 saturated heterocycles. The van der Waals surface area contributed by atoms with Crippen LogP contribution < -0.4 is 5.32 Å². The second kappa shape index (κ2) is 4.63. The molecule has 4 nitrogen and oxygen atoms in total. The molecule has 4 heteroatoms. The molecule has 0 aliphatic heterocycles. The van der Waals surface area contributed by atoms with Crippen LogP contribution in [0.1, 0.15) is 12.7 Å². The minimum atomic E-state index is -0.139. The summed E-state index contributed by atoms with van der Waals surface area (Å²) in [5.74, 6) is 1.02. The maximum atomic E-state index is 8.74. The quantitative estimate of drug-likeness (QED) is 0.732. The topological polar surface area (TPSA) is 53.6 Å². The van der Waals surface area contributed by atoms with E-state index in [1.807, 2.05) is 10.8 Å². The van der Waals surface area contributed by atoms with Gasteiger partial charge < -0.3 is 9.88 Å². The molecule has 0 aliphatic rings. The van der Waals surface area contributed by atoms with Crippen LogP contribution in [-0.2, 0) is 13.0 Å². The Morgan fingerprint density at radius 2 is 2.54 bits per heavy atom. The van der Waals surface area contributed by atoms with Gasteiger partial charge in [0.15, 0.2) is 0 Å². The maximum Gasteiger partial charge on any atom is 0.113 e. The van der Waals surface area contributed by atoms with Crippen molar-refractivity contribution in [1.82, 2.24) is 14.9 Å². The van der Waals surface area contributed by atoms with Crippen molar-refractivity contribution in [2.75, 3.05) is 7.05 Å². The van der Waals surface area contributed by atoms with Gasteiger partial charge in [0, 0.05) is 18.8 Å². The molecule has 1 atom stereocenters. The fourth-order valence-electron chi connectivity index (χ4n) is 1.21. The van der Waals surface area contributed by atoms with Gasteiger partial charge in [-0.25, -0.2) is 4.98 Å². The normalized spacial score (nSPS) is 12.4. The third-order valence-corrected chi connectivity index (χ3v) is 2.00. The van der Waals surface area contributed by atoms with Gasteiger partial charge in [-0.3, -0.25) is 0 Å². The average molecular weight is 178 g/mol. The molecular weight excluding hydrogens is 164 g/mol. The summed E-state index contributed by atoms with van der Waals surface area (Å²) in [5.41, 5.74) is 0. The SMILES string of the molecule is CCc1nccn1CC(C#N)NC. The van der Waals surface area contributed by atoms with E-state index in [-0.39, 0.29) is 6.04 Å². The number of aromatic nitrogens is 2. The van der Waals surface area contributed by atoms with Crippen LogP contribution in [0.5, 0.6) is 0 Å². The predicted molar refractivity (Wildman–Crippen MR) is 50.1 cm³/mol. The number of nitriles is 1. The third-order valence-electron chi connectivity index (χ3n) is 2.00. The van der Waals surface area contributed by atoms with Crippen LogP contribution in [0, 0.1) is 11.3 Å². The molecular formula is C9H14N4. The first kappa shape index (κ1) is 9.75. The molecule has 0 bridgehead atoms. The maximum absolute atomic E-state index is 8.74. The van der Waals surface area contributed by atoms with Gasteiger partial charge in [-0.05, 0) is 7.05 Å². The molecule has 0 fully saturated rings.